The Kier molecular flexibility index (Phi) is 5.53. The van der Waals surface area contributed by atoms with Crippen LogP contribution in [0.25, 0.3) is 0 Å². The summed E-state index contributed by atoms with van der Waals surface area (Å²) in [7, 11) is 0. The van der Waals surface area contributed by atoms with E-state index in [9.17, 15) is 4.79 Å². The molecule has 1 aliphatic rings. The molecule has 1 saturated heterocycles. The van der Waals surface area contributed by atoms with Crippen LogP contribution >= 0.6 is 11.8 Å². The van der Waals surface area contributed by atoms with E-state index < -0.39 is 0 Å². The van der Waals surface area contributed by atoms with Gasteiger partial charge in [0, 0.05) is 5.88 Å². The molecule has 0 aliphatic carbocycles. The van der Waals surface area contributed by atoms with Gasteiger partial charge in [0.2, 0.25) is 5.12 Å². The molecule has 1 heterocycles. The van der Waals surface area contributed by atoms with Gasteiger partial charge in [-0.15, -0.1) is 0 Å². The van der Waals surface area contributed by atoms with Crippen LogP contribution in [0, 0.1) is 0 Å². The molecular weight excluding hydrogens is 137 g/mol. The van der Waals surface area contributed by atoms with E-state index in [0.717, 1.165) is 5.88 Å². The molecule has 34 valence electrons. The molecule has 1 N–H and O–H groups in total. The third-order valence-electron chi connectivity index (χ3n) is 0.605. The molecule has 0 aromatic carbocycles. The first kappa shape index (κ1) is 8.62. The maximum atomic E-state index is 10.1. The summed E-state index contributed by atoms with van der Waals surface area (Å²) in [6.45, 7) is 0.560. The van der Waals surface area contributed by atoms with Crippen molar-refractivity contribution >= 4 is 16.9 Å². The molecule has 0 aromatic heterocycles. The van der Waals surface area contributed by atoms with Crippen LogP contribution in [0.1, 0.15) is 0 Å². The largest absolute Gasteiger partial charge is 1.00 e. The summed E-state index contributed by atoms with van der Waals surface area (Å²) in [6, 6.07) is 0. The SMILES string of the molecule is O=C1CNCS1.[K+]. The Morgan fingerprint density at radius 1 is 1.71 bits per heavy atom. The van der Waals surface area contributed by atoms with Gasteiger partial charge in [-0.05, 0) is 0 Å². The predicted octanol–water partition coefficient (Wildman–Crippen LogP) is -3.19. The Morgan fingerprint density at radius 2 is 2.43 bits per heavy atom. The van der Waals surface area contributed by atoms with Crippen LogP contribution in [-0.4, -0.2) is 17.5 Å². The van der Waals surface area contributed by atoms with Gasteiger partial charge < -0.3 is 0 Å². The van der Waals surface area contributed by atoms with E-state index in [0.29, 0.717) is 6.54 Å². The van der Waals surface area contributed by atoms with E-state index in [1.807, 2.05) is 0 Å². The number of hydrogen-bond acceptors (Lipinski definition) is 3. The second-order valence-corrected chi connectivity index (χ2v) is 2.12. The first-order chi connectivity index (χ1) is 2.89. The van der Waals surface area contributed by atoms with Gasteiger partial charge in [-0.2, -0.15) is 0 Å². The summed E-state index contributed by atoms with van der Waals surface area (Å²) in [5, 5.41) is 3.14. The molecule has 1 aliphatic heterocycles. The Morgan fingerprint density at radius 3 is 2.57 bits per heavy atom. The van der Waals surface area contributed by atoms with Gasteiger partial charge in [0.05, 0.1) is 6.54 Å². The van der Waals surface area contributed by atoms with Gasteiger partial charge in [0.25, 0.3) is 0 Å². The van der Waals surface area contributed by atoms with Gasteiger partial charge in [-0.3, -0.25) is 10.1 Å². The van der Waals surface area contributed by atoms with Crippen molar-refractivity contribution in [3.05, 3.63) is 0 Å². The molecule has 0 bridgehead atoms. The van der Waals surface area contributed by atoms with Crippen LogP contribution in [-0.2, 0) is 4.79 Å². The van der Waals surface area contributed by atoms with Crippen LogP contribution in [0.4, 0.5) is 0 Å². The van der Waals surface area contributed by atoms with Crippen LogP contribution in [0.2, 0.25) is 0 Å². The van der Waals surface area contributed by atoms with E-state index in [1.165, 1.54) is 11.8 Å². The number of hydrogen-bond donors (Lipinski definition) is 1. The van der Waals surface area contributed by atoms with E-state index in [-0.39, 0.29) is 56.5 Å². The van der Waals surface area contributed by atoms with Crippen molar-refractivity contribution in [1.82, 2.24) is 5.32 Å². The summed E-state index contributed by atoms with van der Waals surface area (Å²) in [4.78, 5) is 10.1. The van der Waals surface area contributed by atoms with E-state index >= 15 is 0 Å². The molecule has 0 spiro atoms. The summed E-state index contributed by atoms with van der Waals surface area (Å²) < 4.78 is 0. The Hall–Kier alpha value is 1.62. The summed E-state index contributed by atoms with van der Waals surface area (Å²) in [5.74, 6) is 0.804. The van der Waals surface area contributed by atoms with Crippen molar-refractivity contribution in [2.24, 2.45) is 0 Å². The quantitative estimate of drug-likeness (QED) is 0.361. The normalized spacial score (nSPS) is 19.1. The van der Waals surface area contributed by atoms with E-state index in [2.05, 4.69) is 5.32 Å². The molecular formula is C3H5KNOS+. The van der Waals surface area contributed by atoms with Crippen LogP contribution in [0.5, 0.6) is 0 Å². The van der Waals surface area contributed by atoms with Gasteiger partial charge >= 0.3 is 51.4 Å². The molecule has 1 fully saturated rings. The van der Waals surface area contributed by atoms with Crippen LogP contribution in [0.3, 0.4) is 0 Å². The Bertz CT molecular complexity index is 69.3. The molecule has 0 amide bonds. The van der Waals surface area contributed by atoms with Crippen LogP contribution in [0.15, 0.2) is 0 Å². The zero-order chi connectivity index (χ0) is 4.41. The third kappa shape index (κ3) is 3.24. The summed E-state index contributed by atoms with van der Waals surface area (Å²) in [6.07, 6.45) is 0. The van der Waals surface area contributed by atoms with Crippen molar-refractivity contribution in [2.75, 3.05) is 12.4 Å². The molecule has 0 unspecified atom stereocenters. The first-order valence-electron chi connectivity index (χ1n) is 1.76. The summed E-state index contributed by atoms with van der Waals surface area (Å²) >= 11 is 1.35. The zero-order valence-corrected chi connectivity index (χ0v) is 8.17. The molecule has 2 nitrogen and oxygen atoms in total. The third-order valence-corrected chi connectivity index (χ3v) is 1.42. The fraction of sp³-hybridized carbons (Fsp3) is 0.667. The van der Waals surface area contributed by atoms with Crippen molar-refractivity contribution in [3.63, 3.8) is 0 Å². The van der Waals surface area contributed by atoms with E-state index in [4.69, 9.17) is 0 Å². The number of carbonyl (C=O) groups is 1. The zero-order valence-electron chi connectivity index (χ0n) is 4.23. The maximum absolute atomic E-state index is 10.1. The average Bonchev–Trinajstić information content (AvgIpc) is 1.86. The van der Waals surface area contributed by atoms with Gasteiger partial charge in [-0.1, -0.05) is 11.8 Å². The topological polar surface area (TPSA) is 29.1 Å². The average molecular weight is 142 g/mol. The van der Waals surface area contributed by atoms with Crippen molar-refractivity contribution in [3.8, 4) is 0 Å². The molecule has 0 atom stereocenters. The minimum atomic E-state index is 0. The number of thioether (sulfide) groups is 1. The standard InChI is InChI=1S/C3H5NOS.K/c5-3-1-4-2-6-3;/h4H,1-2H2;/q;+1. The number of rotatable bonds is 0. The number of carbonyl (C=O) groups excluding carboxylic acids is 1. The summed E-state index contributed by atoms with van der Waals surface area (Å²) in [5.41, 5.74) is 0. The van der Waals surface area contributed by atoms with Gasteiger partial charge in [0.15, 0.2) is 0 Å². The van der Waals surface area contributed by atoms with Crippen molar-refractivity contribution in [2.45, 2.75) is 0 Å². The van der Waals surface area contributed by atoms with E-state index in [1.54, 1.807) is 0 Å². The maximum Gasteiger partial charge on any atom is 1.00 e. The van der Waals surface area contributed by atoms with Gasteiger partial charge in [0.1, 0.15) is 0 Å². The molecule has 1 rings (SSSR count). The molecule has 0 radical (unpaired) electrons. The molecule has 0 aromatic rings. The molecule has 4 heteroatoms. The fourth-order valence-electron chi connectivity index (χ4n) is 0.336. The van der Waals surface area contributed by atoms with Crippen molar-refractivity contribution < 1.29 is 56.2 Å². The minimum absolute atomic E-state index is 0. The van der Waals surface area contributed by atoms with Crippen molar-refractivity contribution in [1.29, 1.82) is 0 Å². The minimum Gasteiger partial charge on any atom is -0.300 e. The monoisotopic (exact) mass is 142 g/mol. The Balaban J connectivity index is 0.000000360. The second-order valence-electron chi connectivity index (χ2n) is 1.09. The Labute approximate surface area is 89.2 Å². The first-order valence-corrected chi connectivity index (χ1v) is 2.74. The second kappa shape index (κ2) is 4.49. The fourth-order valence-corrected chi connectivity index (χ4v) is 0.905. The van der Waals surface area contributed by atoms with Gasteiger partial charge in [-0.25, -0.2) is 0 Å². The van der Waals surface area contributed by atoms with Crippen LogP contribution < -0.4 is 56.7 Å². The molecule has 7 heavy (non-hydrogen) atoms. The predicted molar refractivity (Wildman–Crippen MR) is 25.5 cm³/mol. The number of nitrogens with one attached hydrogen (secondary N) is 1. The smallest absolute Gasteiger partial charge is 0.300 e. The molecule has 0 saturated carbocycles.